The molecular formula is C12H11FO. The van der Waals surface area contributed by atoms with Crippen molar-refractivity contribution in [2.24, 2.45) is 0 Å². The predicted octanol–water partition coefficient (Wildman–Crippen LogP) is 2.71. The van der Waals surface area contributed by atoms with Crippen molar-refractivity contribution in [1.29, 1.82) is 0 Å². The molecule has 0 aliphatic heterocycles. The van der Waals surface area contributed by atoms with Crippen LogP contribution in [0.2, 0.25) is 0 Å². The van der Waals surface area contributed by atoms with E-state index in [2.05, 4.69) is 6.58 Å². The van der Waals surface area contributed by atoms with Crippen LogP contribution < -0.4 is 0 Å². The minimum absolute atomic E-state index is 0.0977. The van der Waals surface area contributed by atoms with E-state index in [1.54, 1.807) is 18.2 Å². The zero-order chi connectivity index (χ0) is 10.2. The highest BCUT2D eigenvalue weighted by Crippen LogP contribution is 2.35. The molecule has 0 amide bonds. The second kappa shape index (κ2) is 3.05. The molecule has 0 spiro atoms. The molecule has 14 heavy (non-hydrogen) atoms. The molecular weight excluding hydrogens is 179 g/mol. The van der Waals surface area contributed by atoms with Gasteiger partial charge in [0.1, 0.15) is 0 Å². The molecule has 72 valence electrons. The third kappa shape index (κ3) is 1.18. The van der Waals surface area contributed by atoms with E-state index in [1.165, 1.54) is 6.08 Å². The number of hydrogen-bond acceptors (Lipinski definition) is 1. The third-order valence-electron chi connectivity index (χ3n) is 2.61. The average molecular weight is 190 g/mol. The van der Waals surface area contributed by atoms with Gasteiger partial charge in [-0.2, -0.15) is 0 Å². The molecule has 0 aromatic heterocycles. The summed E-state index contributed by atoms with van der Waals surface area (Å²) >= 11 is 0. The van der Waals surface area contributed by atoms with E-state index in [-0.39, 0.29) is 12.8 Å². The highest BCUT2D eigenvalue weighted by Gasteiger charge is 2.44. The molecule has 1 aromatic carbocycles. The maximum Gasteiger partial charge on any atom is 0.200 e. The topological polar surface area (TPSA) is 17.1 Å². The SMILES string of the molecule is C=CC[C@@]1(F)Cc2ccccc2C1=O. The van der Waals surface area contributed by atoms with Gasteiger partial charge in [-0.1, -0.05) is 30.3 Å². The van der Waals surface area contributed by atoms with Gasteiger partial charge in [0.05, 0.1) is 0 Å². The summed E-state index contributed by atoms with van der Waals surface area (Å²) in [5.74, 6) is -0.395. The molecule has 0 radical (unpaired) electrons. The molecule has 2 heteroatoms. The molecule has 0 saturated heterocycles. The van der Waals surface area contributed by atoms with Crippen molar-refractivity contribution >= 4 is 5.78 Å². The van der Waals surface area contributed by atoms with Gasteiger partial charge in [-0.05, 0) is 5.56 Å². The molecule has 0 heterocycles. The Morgan fingerprint density at radius 2 is 2.21 bits per heavy atom. The largest absolute Gasteiger partial charge is 0.291 e. The Hall–Kier alpha value is -1.44. The highest BCUT2D eigenvalue weighted by molar-refractivity contribution is 6.06. The smallest absolute Gasteiger partial charge is 0.200 e. The van der Waals surface area contributed by atoms with Gasteiger partial charge in [-0.25, -0.2) is 4.39 Å². The third-order valence-corrected chi connectivity index (χ3v) is 2.61. The zero-order valence-corrected chi connectivity index (χ0v) is 7.79. The predicted molar refractivity (Wildman–Crippen MR) is 53.1 cm³/mol. The Kier molecular flexibility index (Phi) is 1.99. The van der Waals surface area contributed by atoms with Crippen LogP contribution in [0.5, 0.6) is 0 Å². The van der Waals surface area contributed by atoms with E-state index in [4.69, 9.17) is 0 Å². The van der Waals surface area contributed by atoms with Crippen molar-refractivity contribution in [2.45, 2.75) is 18.5 Å². The lowest BCUT2D eigenvalue weighted by atomic mass is 9.97. The lowest BCUT2D eigenvalue weighted by molar-refractivity contribution is 0.0727. The molecule has 0 saturated carbocycles. The van der Waals surface area contributed by atoms with Crippen LogP contribution in [0.3, 0.4) is 0 Å². The van der Waals surface area contributed by atoms with Crippen molar-refractivity contribution in [3.63, 3.8) is 0 Å². The van der Waals surface area contributed by atoms with Gasteiger partial charge in [0.15, 0.2) is 5.67 Å². The summed E-state index contributed by atoms with van der Waals surface area (Å²) in [5, 5.41) is 0. The van der Waals surface area contributed by atoms with E-state index < -0.39 is 11.5 Å². The lowest BCUT2D eigenvalue weighted by Gasteiger charge is -2.14. The first-order valence-electron chi connectivity index (χ1n) is 4.60. The van der Waals surface area contributed by atoms with E-state index in [9.17, 15) is 9.18 Å². The number of Topliss-reactive ketones (excluding diaryl/α,β-unsaturated/α-hetero) is 1. The number of carbonyl (C=O) groups excluding carboxylic acids is 1. The fourth-order valence-corrected chi connectivity index (χ4v) is 1.91. The molecule has 1 aromatic rings. The van der Waals surface area contributed by atoms with Crippen LogP contribution in [0.1, 0.15) is 22.3 Å². The van der Waals surface area contributed by atoms with Crippen LogP contribution in [0.25, 0.3) is 0 Å². The molecule has 0 unspecified atom stereocenters. The van der Waals surface area contributed by atoms with E-state index in [0.717, 1.165) is 5.56 Å². The van der Waals surface area contributed by atoms with Gasteiger partial charge in [0.25, 0.3) is 0 Å². The number of benzene rings is 1. The first-order valence-corrected chi connectivity index (χ1v) is 4.60. The molecule has 1 aliphatic carbocycles. The van der Waals surface area contributed by atoms with Gasteiger partial charge in [-0.3, -0.25) is 4.79 Å². The van der Waals surface area contributed by atoms with Gasteiger partial charge in [-0.15, -0.1) is 6.58 Å². The number of allylic oxidation sites excluding steroid dienone is 1. The summed E-state index contributed by atoms with van der Waals surface area (Å²) < 4.78 is 14.1. The number of ketones is 1. The molecule has 1 nitrogen and oxygen atoms in total. The summed E-state index contributed by atoms with van der Waals surface area (Å²) in [5.41, 5.74) is -0.412. The number of fused-ring (bicyclic) bond motifs is 1. The highest BCUT2D eigenvalue weighted by atomic mass is 19.1. The monoisotopic (exact) mass is 190 g/mol. The van der Waals surface area contributed by atoms with Crippen molar-refractivity contribution in [2.75, 3.05) is 0 Å². The quantitative estimate of drug-likeness (QED) is 0.655. The Balaban J connectivity index is 2.43. The Bertz CT molecular complexity index is 397. The number of hydrogen-bond donors (Lipinski definition) is 0. The summed E-state index contributed by atoms with van der Waals surface area (Å²) in [4.78, 5) is 11.7. The van der Waals surface area contributed by atoms with Crippen molar-refractivity contribution in [3.8, 4) is 0 Å². The summed E-state index contributed by atoms with van der Waals surface area (Å²) in [7, 11) is 0. The van der Waals surface area contributed by atoms with Crippen molar-refractivity contribution < 1.29 is 9.18 Å². The molecule has 0 N–H and O–H groups in total. The Labute approximate surface area is 82.3 Å². The molecule has 1 atom stereocenters. The van der Waals surface area contributed by atoms with Crippen LogP contribution in [0.15, 0.2) is 36.9 Å². The lowest BCUT2D eigenvalue weighted by Crippen LogP contribution is -2.29. The standard InChI is InChI=1S/C12H11FO/c1-2-7-12(13)8-9-5-3-4-6-10(9)11(12)14/h2-6H,1,7-8H2/t12-/m1/s1. The normalized spacial score (nSPS) is 24.8. The maximum atomic E-state index is 14.1. The Morgan fingerprint density at radius 3 is 2.86 bits per heavy atom. The average Bonchev–Trinajstić information content (AvgIpc) is 2.41. The van der Waals surface area contributed by atoms with Crippen molar-refractivity contribution in [1.82, 2.24) is 0 Å². The number of halogens is 1. The van der Waals surface area contributed by atoms with Gasteiger partial charge in [0, 0.05) is 18.4 Å². The van der Waals surface area contributed by atoms with Crippen LogP contribution >= 0.6 is 0 Å². The molecule has 1 aliphatic rings. The van der Waals surface area contributed by atoms with E-state index in [0.29, 0.717) is 5.56 Å². The molecule has 0 bridgehead atoms. The number of carbonyl (C=O) groups is 1. The number of alkyl halides is 1. The fourth-order valence-electron chi connectivity index (χ4n) is 1.91. The minimum Gasteiger partial charge on any atom is -0.291 e. The van der Waals surface area contributed by atoms with Crippen LogP contribution in [-0.2, 0) is 6.42 Å². The summed E-state index contributed by atoms with van der Waals surface area (Å²) in [6.45, 7) is 3.47. The van der Waals surface area contributed by atoms with Crippen molar-refractivity contribution in [3.05, 3.63) is 48.0 Å². The van der Waals surface area contributed by atoms with Gasteiger partial charge >= 0.3 is 0 Å². The first-order chi connectivity index (χ1) is 6.67. The minimum atomic E-state index is -1.74. The van der Waals surface area contributed by atoms with E-state index >= 15 is 0 Å². The summed E-state index contributed by atoms with van der Waals surface area (Å²) in [6, 6.07) is 7.07. The molecule has 2 rings (SSSR count). The second-order valence-corrected chi connectivity index (χ2v) is 3.62. The van der Waals surface area contributed by atoms with Crippen LogP contribution in [0.4, 0.5) is 4.39 Å². The van der Waals surface area contributed by atoms with Crippen LogP contribution in [0, 0.1) is 0 Å². The van der Waals surface area contributed by atoms with Crippen LogP contribution in [-0.4, -0.2) is 11.5 Å². The van der Waals surface area contributed by atoms with Gasteiger partial charge in [0.2, 0.25) is 5.78 Å². The van der Waals surface area contributed by atoms with E-state index in [1.807, 2.05) is 6.07 Å². The number of rotatable bonds is 2. The maximum absolute atomic E-state index is 14.1. The first kappa shape index (κ1) is 9.13. The Morgan fingerprint density at radius 1 is 1.50 bits per heavy atom. The summed E-state index contributed by atoms with van der Waals surface area (Å²) in [6.07, 6.45) is 1.75. The fraction of sp³-hybridized carbons (Fsp3) is 0.250. The van der Waals surface area contributed by atoms with Gasteiger partial charge < -0.3 is 0 Å². The zero-order valence-electron chi connectivity index (χ0n) is 7.79. The second-order valence-electron chi connectivity index (χ2n) is 3.62. The molecule has 0 fully saturated rings.